The molecule has 1 heterocycles. The molecule has 0 aliphatic heterocycles. The molecule has 2 N–H and O–H groups in total. The van der Waals surface area contributed by atoms with Crippen molar-refractivity contribution >= 4 is 11.8 Å². The third-order valence-electron chi connectivity index (χ3n) is 2.93. The molecule has 88 valence electrons. The average molecular weight is 232 g/mol. The number of anilines is 1. The number of carboxylic acid groups (broad SMARTS) is 1. The Kier molecular flexibility index (Phi) is 2.91. The fourth-order valence-electron chi connectivity index (χ4n) is 1.57. The van der Waals surface area contributed by atoms with Gasteiger partial charge in [0.2, 0.25) is 0 Å². The maximum atomic E-state index is 10.6. The van der Waals surface area contributed by atoms with Gasteiger partial charge in [-0.3, -0.25) is 0 Å². The maximum absolute atomic E-state index is 10.6. The largest absolute Gasteiger partial charge is 0.476 e. The van der Waals surface area contributed by atoms with Gasteiger partial charge >= 0.3 is 5.97 Å². The van der Waals surface area contributed by atoms with Crippen LogP contribution in [-0.4, -0.2) is 27.6 Å². The molecule has 1 aliphatic carbocycles. The van der Waals surface area contributed by atoms with Crippen LogP contribution in [0.15, 0.2) is 12.4 Å². The minimum atomic E-state index is -1.09. The fourth-order valence-corrected chi connectivity index (χ4v) is 1.57. The highest BCUT2D eigenvalue weighted by Crippen LogP contribution is 2.48. The minimum Gasteiger partial charge on any atom is -0.476 e. The van der Waals surface area contributed by atoms with Crippen molar-refractivity contribution < 1.29 is 9.90 Å². The number of aromatic carboxylic acids is 1. The molecular formula is C11H12N4O2. The van der Waals surface area contributed by atoms with E-state index in [9.17, 15) is 4.79 Å². The number of hydrogen-bond acceptors (Lipinski definition) is 5. The molecule has 17 heavy (non-hydrogen) atoms. The van der Waals surface area contributed by atoms with Gasteiger partial charge in [-0.1, -0.05) is 0 Å². The molecule has 6 heteroatoms. The van der Waals surface area contributed by atoms with E-state index < -0.39 is 5.97 Å². The van der Waals surface area contributed by atoms with Crippen molar-refractivity contribution in [3.63, 3.8) is 0 Å². The lowest BCUT2D eigenvalue weighted by atomic mass is 10.0. The summed E-state index contributed by atoms with van der Waals surface area (Å²) in [5, 5.41) is 20.4. The molecule has 0 saturated heterocycles. The van der Waals surface area contributed by atoms with E-state index in [1.807, 2.05) is 0 Å². The van der Waals surface area contributed by atoms with Crippen LogP contribution in [0.3, 0.4) is 0 Å². The molecule has 0 unspecified atom stereocenters. The van der Waals surface area contributed by atoms with Crippen LogP contribution in [-0.2, 0) is 0 Å². The second-order valence-corrected chi connectivity index (χ2v) is 4.28. The highest BCUT2D eigenvalue weighted by atomic mass is 16.4. The van der Waals surface area contributed by atoms with E-state index in [1.54, 1.807) is 0 Å². The van der Waals surface area contributed by atoms with E-state index in [1.165, 1.54) is 12.4 Å². The van der Waals surface area contributed by atoms with Crippen molar-refractivity contribution in [3.8, 4) is 6.07 Å². The highest BCUT2D eigenvalue weighted by Gasteiger charge is 2.42. The number of hydrogen-bond donors (Lipinski definition) is 2. The lowest BCUT2D eigenvalue weighted by Crippen LogP contribution is -2.16. The molecule has 0 aromatic carbocycles. The molecule has 1 saturated carbocycles. The van der Waals surface area contributed by atoms with E-state index in [2.05, 4.69) is 21.4 Å². The molecule has 6 nitrogen and oxygen atoms in total. The van der Waals surface area contributed by atoms with E-state index in [0.717, 1.165) is 12.8 Å². The topological polar surface area (TPSA) is 98.9 Å². The standard InChI is InChI=1S/C11H12N4O2/c12-4-3-11(1-2-11)7-15-9-6-13-8(5-14-9)10(16)17/h5-6H,1-3,7H2,(H,14,15)(H,16,17). The molecule has 0 bridgehead atoms. The predicted octanol–water partition coefficient (Wildman–Crippen LogP) is 1.28. The van der Waals surface area contributed by atoms with Crippen LogP contribution in [0.1, 0.15) is 29.8 Å². The van der Waals surface area contributed by atoms with Gasteiger partial charge in [0, 0.05) is 18.4 Å². The summed E-state index contributed by atoms with van der Waals surface area (Å²) in [5.41, 5.74) is 0.00995. The van der Waals surface area contributed by atoms with Crippen LogP contribution in [0, 0.1) is 16.7 Å². The molecule has 1 aromatic heterocycles. The number of carbonyl (C=O) groups is 1. The van der Waals surface area contributed by atoms with Gasteiger partial charge in [0.1, 0.15) is 5.82 Å². The second-order valence-electron chi connectivity index (χ2n) is 4.28. The molecule has 0 amide bonds. The van der Waals surface area contributed by atoms with Crippen molar-refractivity contribution in [2.45, 2.75) is 19.3 Å². The van der Waals surface area contributed by atoms with Gasteiger partial charge in [0.05, 0.1) is 18.5 Å². The summed E-state index contributed by atoms with van der Waals surface area (Å²) in [5.74, 6) is -0.550. The first-order valence-electron chi connectivity index (χ1n) is 5.31. The lowest BCUT2D eigenvalue weighted by molar-refractivity contribution is 0.0690. The Hall–Kier alpha value is -2.16. The van der Waals surface area contributed by atoms with E-state index in [4.69, 9.17) is 10.4 Å². The number of nitriles is 1. The Labute approximate surface area is 98.3 Å². The zero-order valence-electron chi connectivity index (χ0n) is 9.18. The Balaban J connectivity index is 1.92. The van der Waals surface area contributed by atoms with Gasteiger partial charge in [-0.25, -0.2) is 14.8 Å². The summed E-state index contributed by atoms with van der Waals surface area (Å²) in [6.07, 6.45) is 5.25. The van der Waals surface area contributed by atoms with Crippen molar-refractivity contribution in [3.05, 3.63) is 18.1 Å². The first-order chi connectivity index (χ1) is 8.15. The predicted molar refractivity (Wildman–Crippen MR) is 59.4 cm³/mol. The molecule has 1 aliphatic rings. The van der Waals surface area contributed by atoms with Crippen molar-refractivity contribution in [1.29, 1.82) is 5.26 Å². The Morgan fingerprint density at radius 2 is 2.29 bits per heavy atom. The second kappa shape index (κ2) is 4.37. The van der Waals surface area contributed by atoms with Crippen LogP contribution in [0.5, 0.6) is 0 Å². The fraction of sp³-hybridized carbons (Fsp3) is 0.455. The Bertz CT molecular complexity index is 459. The van der Waals surface area contributed by atoms with Gasteiger partial charge < -0.3 is 10.4 Å². The maximum Gasteiger partial charge on any atom is 0.356 e. The number of rotatable bonds is 5. The molecule has 0 spiro atoms. The number of nitrogens with one attached hydrogen (secondary N) is 1. The van der Waals surface area contributed by atoms with Crippen molar-refractivity contribution in [2.24, 2.45) is 5.41 Å². The highest BCUT2D eigenvalue weighted by molar-refractivity contribution is 5.84. The molecule has 1 fully saturated rings. The molecule has 0 radical (unpaired) electrons. The summed E-state index contributed by atoms with van der Waals surface area (Å²) >= 11 is 0. The summed E-state index contributed by atoms with van der Waals surface area (Å²) in [4.78, 5) is 18.3. The van der Waals surface area contributed by atoms with Gasteiger partial charge in [0.15, 0.2) is 5.69 Å². The van der Waals surface area contributed by atoms with Crippen molar-refractivity contribution in [1.82, 2.24) is 9.97 Å². The van der Waals surface area contributed by atoms with Crippen LogP contribution < -0.4 is 5.32 Å². The van der Waals surface area contributed by atoms with Gasteiger partial charge in [-0.2, -0.15) is 5.26 Å². The lowest BCUT2D eigenvalue weighted by Gasteiger charge is -2.12. The van der Waals surface area contributed by atoms with Crippen LogP contribution in [0.25, 0.3) is 0 Å². The Morgan fingerprint density at radius 1 is 1.53 bits per heavy atom. The Morgan fingerprint density at radius 3 is 2.76 bits per heavy atom. The first-order valence-corrected chi connectivity index (χ1v) is 5.31. The molecule has 2 rings (SSSR count). The van der Waals surface area contributed by atoms with Gasteiger partial charge in [-0.05, 0) is 12.8 Å². The molecule has 0 atom stereocenters. The van der Waals surface area contributed by atoms with Crippen LogP contribution in [0.4, 0.5) is 5.82 Å². The average Bonchev–Trinajstić information content (AvgIpc) is 3.08. The quantitative estimate of drug-likeness (QED) is 0.793. The van der Waals surface area contributed by atoms with Crippen LogP contribution >= 0.6 is 0 Å². The van der Waals surface area contributed by atoms with Crippen LogP contribution in [0.2, 0.25) is 0 Å². The molecular weight excluding hydrogens is 220 g/mol. The first kappa shape index (κ1) is 11.3. The number of nitrogens with zero attached hydrogens (tertiary/aromatic N) is 3. The van der Waals surface area contributed by atoms with Gasteiger partial charge in [-0.15, -0.1) is 0 Å². The minimum absolute atomic E-state index is 0.0753. The smallest absolute Gasteiger partial charge is 0.356 e. The number of aromatic nitrogens is 2. The third kappa shape index (κ3) is 2.69. The zero-order chi connectivity index (χ0) is 12.3. The van der Waals surface area contributed by atoms with E-state index >= 15 is 0 Å². The van der Waals surface area contributed by atoms with Crippen molar-refractivity contribution in [2.75, 3.05) is 11.9 Å². The normalized spacial score (nSPS) is 15.9. The van der Waals surface area contributed by atoms with E-state index in [-0.39, 0.29) is 11.1 Å². The monoisotopic (exact) mass is 232 g/mol. The summed E-state index contributed by atoms with van der Waals surface area (Å²) in [7, 11) is 0. The summed E-state index contributed by atoms with van der Waals surface area (Å²) in [6.45, 7) is 0.682. The SMILES string of the molecule is N#CCC1(CNc2cnc(C(=O)O)cn2)CC1. The van der Waals surface area contributed by atoms with E-state index in [0.29, 0.717) is 18.8 Å². The number of carboxylic acids is 1. The van der Waals surface area contributed by atoms with Gasteiger partial charge in [0.25, 0.3) is 0 Å². The summed E-state index contributed by atoms with van der Waals surface area (Å²) < 4.78 is 0. The summed E-state index contributed by atoms with van der Waals surface area (Å²) in [6, 6.07) is 2.18. The zero-order valence-corrected chi connectivity index (χ0v) is 9.18. The third-order valence-corrected chi connectivity index (χ3v) is 2.93. The molecule has 1 aromatic rings.